The first-order chi connectivity index (χ1) is 17.0. The molecule has 3 aromatic carbocycles. The van der Waals surface area contributed by atoms with E-state index in [2.05, 4.69) is 53.5 Å². The molecule has 1 aromatic heterocycles. The second kappa shape index (κ2) is 10.8. The zero-order valence-electron chi connectivity index (χ0n) is 20.1. The van der Waals surface area contributed by atoms with Crippen molar-refractivity contribution < 1.29 is 14.7 Å². The number of hydrogen-bond donors (Lipinski definition) is 1. The fourth-order valence-electron chi connectivity index (χ4n) is 4.34. The molecule has 1 atom stereocenters. The third-order valence-corrected chi connectivity index (χ3v) is 6.26. The lowest BCUT2D eigenvalue weighted by molar-refractivity contribution is 0.0600. The predicted octanol–water partition coefficient (Wildman–Crippen LogP) is 6.55. The fourth-order valence-corrected chi connectivity index (χ4v) is 4.34. The van der Waals surface area contributed by atoms with Crippen LogP contribution in [0, 0.1) is 13.8 Å². The average Bonchev–Trinajstić information content (AvgIpc) is 2.90. The van der Waals surface area contributed by atoms with Gasteiger partial charge in [-0.3, -0.25) is 4.98 Å². The van der Waals surface area contributed by atoms with Gasteiger partial charge in [0.05, 0.1) is 18.4 Å². The topological polar surface area (TPSA) is 71.8 Å². The molecule has 5 heteroatoms. The lowest BCUT2D eigenvalue weighted by atomic mass is 9.83. The molecule has 1 N–H and O–H groups in total. The van der Waals surface area contributed by atoms with E-state index in [4.69, 9.17) is 4.74 Å². The molecule has 0 saturated carbocycles. The van der Waals surface area contributed by atoms with Crippen molar-refractivity contribution in [3.05, 3.63) is 125 Å². The molecule has 0 saturated heterocycles. The second-order valence-electron chi connectivity index (χ2n) is 8.54. The minimum atomic E-state index is -0.348. The molecule has 1 heterocycles. The number of hydrogen-bond acceptors (Lipinski definition) is 5. The molecule has 4 aromatic rings. The average molecular weight is 465 g/mol. The Kier molecular flexibility index (Phi) is 7.36. The molecule has 0 fully saturated rings. The number of esters is 1. The van der Waals surface area contributed by atoms with Crippen molar-refractivity contribution in [2.24, 2.45) is 5.16 Å². The molecule has 0 aliphatic carbocycles. The van der Waals surface area contributed by atoms with Gasteiger partial charge in [-0.25, -0.2) is 4.79 Å². The standard InChI is InChI=1S/C30H28N2O3/c1-20-6-4-5-7-27(20)28(19-29(32-34)26-16-17-31-21(2)18-26)24-12-8-22(9-13-24)23-10-14-25(15-11-23)30(33)35-3/h4-18,28,34H,19H2,1-3H3/b32-29+. The minimum absolute atomic E-state index is 0.00585. The van der Waals surface area contributed by atoms with Crippen LogP contribution in [0.1, 0.15) is 50.6 Å². The van der Waals surface area contributed by atoms with Crippen molar-refractivity contribution in [1.29, 1.82) is 0 Å². The van der Waals surface area contributed by atoms with Crippen molar-refractivity contribution in [3.8, 4) is 11.1 Å². The van der Waals surface area contributed by atoms with Gasteiger partial charge in [-0.15, -0.1) is 0 Å². The summed E-state index contributed by atoms with van der Waals surface area (Å²) in [5.74, 6) is -0.343. The van der Waals surface area contributed by atoms with Crippen LogP contribution in [0.25, 0.3) is 11.1 Å². The Labute approximate surface area is 205 Å². The van der Waals surface area contributed by atoms with Gasteiger partial charge in [-0.1, -0.05) is 65.8 Å². The Morgan fingerprint density at radius 2 is 1.57 bits per heavy atom. The van der Waals surface area contributed by atoms with Crippen LogP contribution in [0.15, 0.2) is 96.3 Å². The molecule has 35 heavy (non-hydrogen) atoms. The van der Waals surface area contributed by atoms with Crippen molar-refractivity contribution >= 4 is 11.7 Å². The summed E-state index contributed by atoms with van der Waals surface area (Å²) >= 11 is 0. The Bertz CT molecular complexity index is 1340. The maximum atomic E-state index is 11.7. The number of aromatic nitrogens is 1. The highest BCUT2D eigenvalue weighted by molar-refractivity contribution is 6.01. The van der Waals surface area contributed by atoms with E-state index in [0.29, 0.717) is 17.7 Å². The number of methoxy groups -OCH3 is 1. The largest absolute Gasteiger partial charge is 0.465 e. The van der Waals surface area contributed by atoms with E-state index in [1.54, 1.807) is 18.3 Å². The van der Waals surface area contributed by atoms with Gasteiger partial charge in [0.1, 0.15) is 0 Å². The first-order valence-electron chi connectivity index (χ1n) is 11.5. The van der Waals surface area contributed by atoms with Crippen molar-refractivity contribution in [3.63, 3.8) is 0 Å². The molecule has 0 aliphatic rings. The molecule has 1 unspecified atom stereocenters. The smallest absolute Gasteiger partial charge is 0.337 e. The van der Waals surface area contributed by atoms with E-state index in [9.17, 15) is 10.0 Å². The Balaban J connectivity index is 1.67. The van der Waals surface area contributed by atoms with Crippen molar-refractivity contribution in [2.75, 3.05) is 7.11 Å². The molecular formula is C30H28N2O3. The number of carbonyl (C=O) groups is 1. The van der Waals surface area contributed by atoms with E-state index in [1.807, 2.05) is 43.3 Å². The van der Waals surface area contributed by atoms with Crippen LogP contribution < -0.4 is 0 Å². The Morgan fingerprint density at radius 3 is 2.17 bits per heavy atom. The number of carbonyl (C=O) groups excluding carboxylic acids is 1. The zero-order valence-corrected chi connectivity index (χ0v) is 20.1. The van der Waals surface area contributed by atoms with Gasteiger partial charge in [0.15, 0.2) is 0 Å². The van der Waals surface area contributed by atoms with Crippen LogP contribution in [0.2, 0.25) is 0 Å². The van der Waals surface area contributed by atoms with Crippen LogP contribution in [-0.4, -0.2) is 29.0 Å². The normalized spacial score (nSPS) is 12.3. The maximum Gasteiger partial charge on any atom is 0.337 e. The van der Waals surface area contributed by atoms with Crippen LogP contribution in [0.4, 0.5) is 0 Å². The van der Waals surface area contributed by atoms with Gasteiger partial charge in [0.25, 0.3) is 0 Å². The summed E-state index contributed by atoms with van der Waals surface area (Å²) in [5, 5.41) is 13.6. The van der Waals surface area contributed by atoms with Crippen molar-refractivity contribution in [2.45, 2.75) is 26.2 Å². The highest BCUT2D eigenvalue weighted by Gasteiger charge is 2.20. The lowest BCUT2D eigenvalue weighted by Crippen LogP contribution is -2.12. The summed E-state index contributed by atoms with van der Waals surface area (Å²) in [6.45, 7) is 4.03. The van der Waals surface area contributed by atoms with Gasteiger partial charge in [0.2, 0.25) is 0 Å². The lowest BCUT2D eigenvalue weighted by Gasteiger charge is -2.21. The van der Waals surface area contributed by atoms with Crippen LogP contribution in [-0.2, 0) is 4.74 Å². The number of oxime groups is 1. The molecule has 176 valence electrons. The molecule has 0 aliphatic heterocycles. The predicted molar refractivity (Wildman–Crippen MR) is 138 cm³/mol. The van der Waals surface area contributed by atoms with E-state index in [-0.39, 0.29) is 11.9 Å². The van der Waals surface area contributed by atoms with E-state index in [1.165, 1.54) is 18.2 Å². The monoisotopic (exact) mass is 464 g/mol. The van der Waals surface area contributed by atoms with E-state index in [0.717, 1.165) is 27.9 Å². The van der Waals surface area contributed by atoms with Crippen LogP contribution in [0.5, 0.6) is 0 Å². The Morgan fingerprint density at radius 1 is 0.914 bits per heavy atom. The van der Waals surface area contributed by atoms with Gasteiger partial charge in [-0.2, -0.15) is 0 Å². The number of nitrogens with zero attached hydrogens (tertiary/aromatic N) is 2. The highest BCUT2D eigenvalue weighted by Crippen LogP contribution is 2.33. The highest BCUT2D eigenvalue weighted by atomic mass is 16.5. The molecule has 0 radical (unpaired) electrons. The Hall–Kier alpha value is -4.25. The molecule has 4 rings (SSSR count). The van der Waals surface area contributed by atoms with Crippen molar-refractivity contribution in [1.82, 2.24) is 4.98 Å². The summed E-state index contributed by atoms with van der Waals surface area (Å²) in [6.07, 6.45) is 2.27. The fraction of sp³-hybridized carbons (Fsp3) is 0.167. The van der Waals surface area contributed by atoms with Crippen LogP contribution >= 0.6 is 0 Å². The van der Waals surface area contributed by atoms with Crippen LogP contribution in [0.3, 0.4) is 0 Å². The number of ether oxygens (including phenoxy) is 1. The molecule has 0 amide bonds. The van der Waals surface area contributed by atoms with E-state index >= 15 is 0 Å². The third-order valence-electron chi connectivity index (χ3n) is 6.26. The van der Waals surface area contributed by atoms with Gasteiger partial charge < -0.3 is 9.94 Å². The number of pyridine rings is 1. The number of rotatable bonds is 7. The van der Waals surface area contributed by atoms with Gasteiger partial charge in [-0.05, 0) is 65.9 Å². The first-order valence-corrected chi connectivity index (χ1v) is 11.5. The first kappa shape index (κ1) is 23.9. The SMILES string of the molecule is COC(=O)c1ccc(-c2ccc(C(C/C(=N\O)c3ccnc(C)c3)c3ccccc3C)cc2)cc1. The number of benzene rings is 3. The maximum absolute atomic E-state index is 11.7. The number of aryl methyl sites for hydroxylation is 2. The second-order valence-corrected chi connectivity index (χ2v) is 8.54. The molecule has 5 nitrogen and oxygen atoms in total. The third kappa shape index (κ3) is 5.46. The summed E-state index contributed by atoms with van der Waals surface area (Å²) in [4.78, 5) is 16.0. The van der Waals surface area contributed by atoms with Gasteiger partial charge in [0, 0.05) is 29.8 Å². The minimum Gasteiger partial charge on any atom is -0.465 e. The van der Waals surface area contributed by atoms with Gasteiger partial charge >= 0.3 is 5.97 Å². The molecular weight excluding hydrogens is 436 g/mol. The molecule has 0 spiro atoms. The summed E-state index contributed by atoms with van der Waals surface area (Å²) in [6, 6.07) is 27.9. The van der Waals surface area contributed by atoms with E-state index < -0.39 is 0 Å². The quantitative estimate of drug-likeness (QED) is 0.146. The summed E-state index contributed by atoms with van der Waals surface area (Å²) in [5.41, 5.74) is 8.44. The summed E-state index contributed by atoms with van der Waals surface area (Å²) in [7, 11) is 1.38. The summed E-state index contributed by atoms with van der Waals surface area (Å²) < 4.78 is 4.79. The zero-order chi connectivity index (χ0) is 24.8. The molecule has 0 bridgehead atoms.